The van der Waals surface area contributed by atoms with Gasteiger partial charge in [-0.2, -0.15) is 0 Å². The van der Waals surface area contributed by atoms with Crippen LogP contribution in [0.4, 0.5) is 0 Å². The molecule has 0 radical (unpaired) electrons. The molecular weight excluding hydrogens is 847 g/mol. The van der Waals surface area contributed by atoms with E-state index >= 15 is 0 Å². The molecule has 1 aliphatic heterocycles. The van der Waals surface area contributed by atoms with Crippen molar-refractivity contribution >= 4 is 24.2 Å². The third-order valence-corrected chi connectivity index (χ3v) is 12.7. The Morgan fingerprint density at radius 3 is 1.43 bits per heavy atom. The van der Waals surface area contributed by atoms with Crippen molar-refractivity contribution in [1.82, 2.24) is 4.90 Å². The maximum absolute atomic E-state index is 12.0. The summed E-state index contributed by atoms with van der Waals surface area (Å²) in [6, 6.07) is 0.453. The van der Waals surface area contributed by atoms with Gasteiger partial charge in [-0.05, 0) is 70.8 Å². The molecule has 8 heteroatoms. The summed E-state index contributed by atoms with van der Waals surface area (Å²) < 4.78 is 15.6. The molecule has 1 heterocycles. The van der Waals surface area contributed by atoms with E-state index < -0.39 is 0 Å². The molecule has 0 aliphatic carbocycles. The molecule has 8 nitrogen and oxygen atoms in total. The Labute approximate surface area is 425 Å². The predicted octanol–water partition coefficient (Wildman–Crippen LogP) is 18.3. The first kappa shape index (κ1) is 72.6. The molecule has 2 atom stereocenters. The summed E-state index contributed by atoms with van der Waals surface area (Å²) in [7, 11) is 0. The lowest BCUT2D eigenvalue weighted by Gasteiger charge is -2.20. The molecule has 1 aliphatic rings. The first-order chi connectivity index (χ1) is 33.0. The normalized spacial score (nSPS) is 14.1. The Hall–Kier alpha value is -1.96. The van der Waals surface area contributed by atoms with E-state index in [9.17, 15) is 19.2 Å². The molecule has 0 N–H and O–H groups in total. The maximum atomic E-state index is 12.0. The van der Waals surface area contributed by atoms with E-state index in [1.807, 2.05) is 27.7 Å². The van der Waals surface area contributed by atoms with E-state index in [-0.39, 0.29) is 23.8 Å². The first-order valence-electron chi connectivity index (χ1n) is 29.6. The standard InChI is InChI=1S/C28H53NO4.C18H38.C10H18O3.2C2H6/c1-5-6-7-8-9-10-11-12-16-21-32-27(30)17-14-13-15-20-29-23-26(22-25(29)4)33-28(31)19-18-24(2)3;1-4-6-8-10-12-14-16-18(3)17-15-13-11-9-7-5-2;1-10(12)7-5-3-2-4-6-8-13-9-11;2*1-2/h24-26H,5-23H2,1-4H3;18H,4-17H2,1-3H3;9H,2-8H2,1H3;2*1-2H3/t25-,26+;;;;/m1..../s1. The van der Waals surface area contributed by atoms with Crippen molar-refractivity contribution in [2.75, 3.05) is 26.3 Å². The van der Waals surface area contributed by atoms with Crippen LogP contribution in [-0.4, -0.2) is 67.5 Å². The minimum atomic E-state index is -0.0522. The Morgan fingerprint density at radius 1 is 0.529 bits per heavy atom. The lowest BCUT2D eigenvalue weighted by Crippen LogP contribution is -2.29. The highest BCUT2D eigenvalue weighted by Gasteiger charge is 2.31. The summed E-state index contributed by atoms with van der Waals surface area (Å²) in [4.78, 5) is 46.6. The van der Waals surface area contributed by atoms with Crippen LogP contribution in [-0.2, 0) is 33.4 Å². The van der Waals surface area contributed by atoms with Crippen molar-refractivity contribution in [1.29, 1.82) is 0 Å². The third-order valence-electron chi connectivity index (χ3n) is 12.7. The Kier molecular flexibility index (Phi) is 65.3. The average Bonchev–Trinajstić information content (AvgIpc) is 3.68. The summed E-state index contributed by atoms with van der Waals surface area (Å²) in [6.07, 6.45) is 43.7. The quantitative estimate of drug-likeness (QED) is 0.0258. The molecule has 0 saturated carbocycles. The smallest absolute Gasteiger partial charge is 0.306 e. The Morgan fingerprint density at radius 2 is 0.956 bits per heavy atom. The van der Waals surface area contributed by atoms with Crippen LogP contribution in [0.3, 0.4) is 0 Å². The molecule has 68 heavy (non-hydrogen) atoms. The molecule has 0 spiro atoms. The molecule has 0 aromatic heterocycles. The van der Waals surface area contributed by atoms with Gasteiger partial charge in [0.15, 0.2) is 0 Å². The summed E-state index contributed by atoms with van der Waals surface area (Å²) >= 11 is 0. The fourth-order valence-corrected chi connectivity index (χ4v) is 8.35. The largest absolute Gasteiger partial charge is 0.468 e. The topological polar surface area (TPSA) is 99.2 Å². The molecule has 0 amide bonds. The SMILES string of the molecule is CC.CC.CC(=O)CCCCCCCOC=O.CCCCCCCCC(C)CCCCCCCC.CCCCCCCCCCCOC(=O)CCCCCN1C[C@@H](OC(=O)CCC(C)C)C[C@H]1C. The van der Waals surface area contributed by atoms with Crippen LogP contribution in [0.15, 0.2) is 0 Å². The van der Waals surface area contributed by atoms with Crippen molar-refractivity contribution in [3.8, 4) is 0 Å². The van der Waals surface area contributed by atoms with E-state index in [0.29, 0.717) is 50.9 Å². The Balaban J connectivity index is -0.000000490. The number of hydrogen-bond acceptors (Lipinski definition) is 8. The zero-order valence-electron chi connectivity index (χ0n) is 48.0. The maximum Gasteiger partial charge on any atom is 0.306 e. The van der Waals surface area contributed by atoms with Gasteiger partial charge in [0.2, 0.25) is 0 Å². The summed E-state index contributed by atoms with van der Waals surface area (Å²) in [6.45, 7) is 28.8. The van der Waals surface area contributed by atoms with E-state index in [1.165, 1.54) is 141 Å². The van der Waals surface area contributed by atoms with Gasteiger partial charge in [0.25, 0.3) is 6.47 Å². The number of hydrogen-bond donors (Lipinski definition) is 0. The fraction of sp³-hybridized carbons (Fsp3) is 0.933. The van der Waals surface area contributed by atoms with Gasteiger partial charge in [0.1, 0.15) is 11.9 Å². The number of nitrogens with zero attached hydrogens (tertiary/aromatic N) is 1. The van der Waals surface area contributed by atoms with Crippen LogP contribution in [0, 0.1) is 11.8 Å². The number of esters is 2. The first-order valence-corrected chi connectivity index (χ1v) is 29.6. The summed E-state index contributed by atoms with van der Waals surface area (Å²) in [5.74, 6) is 1.68. The van der Waals surface area contributed by atoms with Gasteiger partial charge in [-0.25, -0.2) is 0 Å². The van der Waals surface area contributed by atoms with Gasteiger partial charge in [0.05, 0.1) is 13.2 Å². The minimum Gasteiger partial charge on any atom is -0.468 e. The minimum absolute atomic E-state index is 0.0377. The van der Waals surface area contributed by atoms with Crippen LogP contribution < -0.4 is 0 Å². The number of Topliss-reactive ketones (excluding diaryl/α,β-unsaturated/α-hetero) is 1. The Bertz CT molecular complexity index is 1000. The second kappa shape index (κ2) is 61.2. The van der Waals surface area contributed by atoms with E-state index in [4.69, 9.17) is 9.47 Å². The number of unbranched alkanes of at least 4 members (excludes halogenated alkanes) is 24. The molecule has 0 bridgehead atoms. The van der Waals surface area contributed by atoms with Gasteiger partial charge in [-0.1, -0.05) is 236 Å². The van der Waals surface area contributed by atoms with Gasteiger partial charge in [-0.3, -0.25) is 19.3 Å². The zero-order chi connectivity index (χ0) is 51.7. The molecular formula is C60H121NO7. The highest BCUT2D eigenvalue weighted by Crippen LogP contribution is 2.22. The van der Waals surface area contributed by atoms with Gasteiger partial charge in [0, 0.05) is 38.3 Å². The van der Waals surface area contributed by atoms with Crippen molar-refractivity contribution in [3.63, 3.8) is 0 Å². The lowest BCUT2D eigenvalue weighted by atomic mass is 9.96. The summed E-state index contributed by atoms with van der Waals surface area (Å²) in [5, 5.41) is 0. The molecule has 1 rings (SSSR count). The van der Waals surface area contributed by atoms with Crippen LogP contribution >= 0.6 is 0 Å². The van der Waals surface area contributed by atoms with Crippen molar-refractivity contribution in [3.05, 3.63) is 0 Å². The van der Waals surface area contributed by atoms with Crippen molar-refractivity contribution in [2.45, 2.75) is 326 Å². The van der Waals surface area contributed by atoms with Crippen molar-refractivity contribution < 1.29 is 33.4 Å². The van der Waals surface area contributed by atoms with E-state index in [1.54, 1.807) is 6.92 Å². The summed E-state index contributed by atoms with van der Waals surface area (Å²) in [5.41, 5.74) is 0. The van der Waals surface area contributed by atoms with Gasteiger partial charge < -0.3 is 19.0 Å². The fourth-order valence-electron chi connectivity index (χ4n) is 8.35. The molecule has 0 aromatic rings. The number of carbonyl (C=O) groups excluding carboxylic acids is 4. The lowest BCUT2D eigenvalue weighted by molar-refractivity contribution is -0.149. The second-order valence-corrected chi connectivity index (χ2v) is 19.9. The predicted molar refractivity (Wildman–Crippen MR) is 295 cm³/mol. The van der Waals surface area contributed by atoms with Crippen LogP contribution in [0.1, 0.15) is 314 Å². The highest BCUT2D eigenvalue weighted by molar-refractivity contribution is 5.75. The van der Waals surface area contributed by atoms with Gasteiger partial charge >= 0.3 is 11.9 Å². The monoisotopic (exact) mass is 968 g/mol. The van der Waals surface area contributed by atoms with E-state index in [0.717, 1.165) is 89.6 Å². The number of ketones is 1. The number of likely N-dealkylation sites (tertiary alicyclic amines) is 1. The van der Waals surface area contributed by atoms with Gasteiger partial charge in [-0.15, -0.1) is 0 Å². The third kappa shape index (κ3) is 60.2. The second-order valence-electron chi connectivity index (χ2n) is 19.9. The molecule has 0 unspecified atom stereocenters. The molecule has 408 valence electrons. The van der Waals surface area contributed by atoms with Crippen LogP contribution in [0.25, 0.3) is 0 Å². The molecule has 1 fully saturated rings. The number of rotatable bonds is 43. The number of carbonyl (C=O) groups is 4. The molecule has 1 saturated heterocycles. The number of ether oxygens (including phenoxy) is 3. The average molecular weight is 969 g/mol. The van der Waals surface area contributed by atoms with Crippen LogP contribution in [0.2, 0.25) is 0 Å². The van der Waals surface area contributed by atoms with E-state index in [2.05, 4.69) is 58.1 Å². The van der Waals surface area contributed by atoms with Crippen LogP contribution in [0.5, 0.6) is 0 Å². The molecule has 0 aromatic carbocycles. The van der Waals surface area contributed by atoms with Crippen molar-refractivity contribution in [2.24, 2.45) is 11.8 Å². The zero-order valence-corrected chi connectivity index (χ0v) is 48.0. The highest BCUT2D eigenvalue weighted by atomic mass is 16.5.